The smallest absolute Gasteiger partial charge is 0.310 e. The van der Waals surface area contributed by atoms with Crippen LogP contribution in [0.15, 0.2) is 47.3 Å². The molecule has 31 heavy (non-hydrogen) atoms. The molecular formula is C24H31N5O2. The van der Waals surface area contributed by atoms with Crippen molar-refractivity contribution in [2.24, 2.45) is 5.92 Å². The lowest BCUT2D eigenvalue weighted by molar-refractivity contribution is 0.0517. The van der Waals surface area contributed by atoms with Crippen molar-refractivity contribution >= 4 is 17.4 Å². The van der Waals surface area contributed by atoms with Crippen LogP contribution in [0, 0.1) is 5.92 Å². The summed E-state index contributed by atoms with van der Waals surface area (Å²) in [7, 11) is 2.20. The Morgan fingerprint density at radius 3 is 2.52 bits per heavy atom. The van der Waals surface area contributed by atoms with Gasteiger partial charge < -0.3 is 20.1 Å². The Morgan fingerprint density at radius 1 is 0.968 bits per heavy atom. The maximum Gasteiger partial charge on any atom is 0.323 e. The molecule has 2 fully saturated rings. The molecule has 4 heterocycles. The van der Waals surface area contributed by atoms with Crippen LogP contribution in [0.4, 0.5) is 16.2 Å². The lowest BCUT2D eigenvalue weighted by Crippen LogP contribution is -2.53. The standard InChI is InChI=1S/C24H31N5O2/c1-27-11-9-20(10-12-27)28-14-17-13-18(16-28)22-8-7-21(23(30)29(22)15-17)26-24(31)25-19-5-3-2-4-6-19/h2-8,17-18,20H,9-16H2,1H3,(H2,25,26,31)/t17-,18+/m0/s1. The third-order valence-corrected chi connectivity index (χ3v) is 7.12. The lowest BCUT2D eigenvalue weighted by atomic mass is 9.82. The Balaban J connectivity index is 1.30. The van der Waals surface area contributed by atoms with E-state index in [1.54, 1.807) is 6.07 Å². The summed E-state index contributed by atoms with van der Waals surface area (Å²) in [5.74, 6) is 0.893. The van der Waals surface area contributed by atoms with Gasteiger partial charge in [-0.05, 0) is 69.6 Å². The number of carbonyl (C=O) groups excluding carboxylic acids is 1. The molecule has 2 atom stereocenters. The fourth-order valence-corrected chi connectivity index (χ4v) is 5.54. The number of hydrogen-bond donors (Lipinski definition) is 2. The van der Waals surface area contributed by atoms with E-state index in [9.17, 15) is 9.59 Å². The molecule has 0 unspecified atom stereocenters. The molecule has 3 aliphatic heterocycles. The number of nitrogens with zero attached hydrogens (tertiary/aromatic N) is 3. The van der Waals surface area contributed by atoms with Crippen LogP contribution < -0.4 is 16.2 Å². The van der Waals surface area contributed by atoms with Crippen LogP contribution in [-0.4, -0.2) is 59.7 Å². The number of anilines is 2. The molecule has 2 saturated heterocycles. The summed E-state index contributed by atoms with van der Waals surface area (Å²) in [6.07, 6.45) is 3.63. The summed E-state index contributed by atoms with van der Waals surface area (Å²) in [4.78, 5) is 30.6. The summed E-state index contributed by atoms with van der Waals surface area (Å²) >= 11 is 0. The number of rotatable bonds is 3. The second-order valence-corrected chi connectivity index (χ2v) is 9.32. The Hall–Kier alpha value is -2.64. The number of hydrogen-bond acceptors (Lipinski definition) is 4. The SMILES string of the molecule is CN1CCC(N2C[C@@H]3C[C@H](C2)c2ccc(NC(=O)Nc4ccccc4)c(=O)n2C3)CC1. The van der Waals surface area contributed by atoms with Gasteiger partial charge >= 0.3 is 6.03 Å². The van der Waals surface area contributed by atoms with Gasteiger partial charge in [0.25, 0.3) is 5.56 Å². The van der Waals surface area contributed by atoms with Crippen LogP contribution in [0.2, 0.25) is 0 Å². The number of piperidine rings is 2. The van der Waals surface area contributed by atoms with Crippen molar-refractivity contribution in [3.05, 3.63) is 58.5 Å². The van der Waals surface area contributed by atoms with E-state index in [0.29, 0.717) is 29.3 Å². The van der Waals surface area contributed by atoms with E-state index in [4.69, 9.17) is 0 Å². The Kier molecular flexibility index (Phi) is 5.54. The van der Waals surface area contributed by atoms with Crippen LogP contribution >= 0.6 is 0 Å². The second kappa shape index (κ2) is 8.48. The molecule has 0 aliphatic carbocycles. The van der Waals surface area contributed by atoms with Crippen LogP contribution in [0.5, 0.6) is 0 Å². The molecule has 7 nitrogen and oxygen atoms in total. The lowest BCUT2D eigenvalue weighted by Gasteiger charge is -2.47. The molecule has 0 radical (unpaired) electrons. The Bertz CT molecular complexity index is 997. The highest BCUT2D eigenvalue weighted by atomic mass is 16.2. The average molecular weight is 422 g/mol. The van der Waals surface area contributed by atoms with E-state index < -0.39 is 6.03 Å². The monoisotopic (exact) mass is 421 g/mol. The molecule has 2 amide bonds. The molecule has 164 valence electrons. The highest BCUT2D eigenvalue weighted by Crippen LogP contribution is 2.37. The van der Waals surface area contributed by atoms with Crippen LogP contribution in [-0.2, 0) is 6.54 Å². The summed E-state index contributed by atoms with van der Waals surface area (Å²) < 4.78 is 1.91. The zero-order chi connectivity index (χ0) is 21.4. The van der Waals surface area contributed by atoms with Crippen molar-refractivity contribution in [1.29, 1.82) is 0 Å². The zero-order valence-electron chi connectivity index (χ0n) is 18.1. The first-order valence-electron chi connectivity index (χ1n) is 11.4. The highest BCUT2D eigenvalue weighted by Gasteiger charge is 2.37. The minimum atomic E-state index is -0.395. The quantitative estimate of drug-likeness (QED) is 0.799. The van der Waals surface area contributed by atoms with Gasteiger partial charge in [0.05, 0.1) is 0 Å². The predicted molar refractivity (Wildman–Crippen MR) is 123 cm³/mol. The number of urea groups is 1. The van der Waals surface area contributed by atoms with Gasteiger partial charge in [0.1, 0.15) is 5.69 Å². The van der Waals surface area contributed by atoms with Gasteiger partial charge in [0, 0.05) is 43.0 Å². The van der Waals surface area contributed by atoms with Crippen molar-refractivity contribution in [1.82, 2.24) is 14.4 Å². The molecule has 1 aromatic heterocycles. The third kappa shape index (κ3) is 4.25. The van der Waals surface area contributed by atoms with Crippen molar-refractivity contribution in [2.75, 3.05) is 43.9 Å². The van der Waals surface area contributed by atoms with E-state index in [0.717, 1.165) is 31.7 Å². The molecule has 7 heteroatoms. The third-order valence-electron chi connectivity index (χ3n) is 7.12. The molecule has 3 aliphatic rings. The van der Waals surface area contributed by atoms with Gasteiger partial charge in [-0.25, -0.2) is 4.79 Å². The van der Waals surface area contributed by atoms with E-state index in [2.05, 4.69) is 27.5 Å². The largest absolute Gasteiger partial charge is 0.323 e. The maximum absolute atomic E-state index is 13.2. The Morgan fingerprint density at radius 2 is 1.74 bits per heavy atom. The number of amides is 2. The molecule has 2 aromatic rings. The van der Waals surface area contributed by atoms with Crippen LogP contribution in [0.25, 0.3) is 0 Å². The van der Waals surface area contributed by atoms with Crippen molar-refractivity contribution in [2.45, 2.75) is 37.8 Å². The molecule has 0 spiro atoms. The van der Waals surface area contributed by atoms with Gasteiger partial charge in [-0.1, -0.05) is 18.2 Å². The number of pyridine rings is 1. The van der Waals surface area contributed by atoms with E-state index >= 15 is 0 Å². The molecule has 2 bridgehead atoms. The first kappa shape index (κ1) is 20.3. The van der Waals surface area contributed by atoms with E-state index in [1.165, 1.54) is 25.9 Å². The number of para-hydroxylation sites is 1. The summed E-state index contributed by atoms with van der Waals surface area (Å²) in [5, 5.41) is 5.52. The summed E-state index contributed by atoms with van der Waals surface area (Å²) in [6.45, 7) is 5.19. The first-order valence-corrected chi connectivity index (χ1v) is 11.4. The van der Waals surface area contributed by atoms with Gasteiger partial charge in [-0.3, -0.25) is 9.69 Å². The molecule has 2 N–H and O–H groups in total. The number of carbonyl (C=O) groups is 1. The van der Waals surface area contributed by atoms with E-state index in [1.807, 2.05) is 41.0 Å². The van der Waals surface area contributed by atoms with Gasteiger partial charge in [-0.15, -0.1) is 0 Å². The fourth-order valence-electron chi connectivity index (χ4n) is 5.54. The first-order chi connectivity index (χ1) is 15.1. The van der Waals surface area contributed by atoms with Gasteiger partial charge in [0.15, 0.2) is 0 Å². The maximum atomic E-state index is 13.2. The minimum absolute atomic E-state index is 0.0943. The van der Waals surface area contributed by atoms with Crippen molar-refractivity contribution < 1.29 is 4.79 Å². The number of benzene rings is 1. The second-order valence-electron chi connectivity index (χ2n) is 9.32. The van der Waals surface area contributed by atoms with Crippen molar-refractivity contribution in [3.8, 4) is 0 Å². The molecular weight excluding hydrogens is 390 g/mol. The molecule has 1 aromatic carbocycles. The predicted octanol–water partition coefficient (Wildman–Crippen LogP) is 3.01. The molecule has 5 rings (SSSR count). The number of likely N-dealkylation sites (tertiary alicyclic amines) is 2. The number of aromatic nitrogens is 1. The average Bonchev–Trinajstić information content (AvgIpc) is 2.77. The number of nitrogens with one attached hydrogen (secondary N) is 2. The molecule has 0 saturated carbocycles. The summed E-state index contributed by atoms with van der Waals surface area (Å²) in [6, 6.07) is 13.3. The number of fused-ring (bicyclic) bond motifs is 4. The summed E-state index contributed by atoms with van der Waals surface area (Å²) in [5.41, 5.74) is 2.06. The zero-order valence-corrected chi connectivity index (χ0v) is 18.1. The normalized spacial score (nSPS) is 24.4. The minimum Gasteiger partial charge on any atom is -0.310 e. The van der Waals surface area contributed by atoms with Gasteiger partial charge in [0.2, 0.25) is 0 Å². The van der Waals surface area contributed by atoms with Crippen molar-refractivity contribution in [3.63, 3.8) is 0 Å². The Labute approximate surface area is 183 Å². The van der Waals surface area contributed by atoms with E-state index in [-0.39, 0.29) is 5.56 Å². The van der Waals surface area contributed by atoms with Gasteiger partial charge in [-0.2, -0.15) is 0 Å². The fraction of sp³-hybridized carbons (Fsp3) is 0.500. The highest BCUT2D eigenvalue weighted by molar-refractivity contribution is 5.99. The topological polar surface area (TPSA) is 69.6 Å². The van der Waals surface area contributed by atoms with Crippen LogP contribution in [0.1, 0.15) is 30.9 Å². The van der Waals surface area contributed by atoms with Crippen LogP contribution in [0.3, 0.4) is 0 Å².